The van der Waals surface area contributed by atoms with Crippen molar-refractivity contribution in [3.05, 3.63) is 22.2 Å². The molecule has 0 aromatic heterocycles. The van der Waals surface area contributed by atoms with Gasteiger partial charge in [-0.05, 0) is 40.8 Å². The van der Waals surface area contributed by atoms with E-state index in [4.69, 9.17) is 21.1 Å². The molecule has 1 fully saturated rings. The van der Waals surface area contributed by atoms with Crippen molar-refractivity contribution in [2.24, 2.45) is 5.92 Å². The van der Waals surface area contributed by atoms with Crippen molar-refractivity contribution in [1.29, 1.82) is 0 Å². The van der Waals surface area contributed by atoms with Gasteiger partial charge in [0.05, 0.1) is 19.6 Å². The first kappa shape index (κ1) is 12.1. The number of benzene rings is 1. The second-order valence-electron chi connectivity index (χ2n) is 3.94. The van der Waals surface area contributed by atoms with Crippen molar-refractivity contribution in [1.82, 2.24) is 0 Å². The Balaban J connectivity index is 2.40. The summed E-state index contributed by atoms with van der Waals surface area (Å²) < 4.78 is 11.5. The molecule has 0 radical (unpaired) electrons. The summed E-state index contributed by atoms with van der Waals surface area (Å²) in [6.45, 7) is 0. The number of alkyl halides is 1. The molecular weight excluding hydrogens is 291 g/mol. The van der Waals surface area contributed by atoms with Gasteiger partial charge in [-0.1, -0.05) is 6.07 Å². The lowest BCUT2D eigenvalue weighted by Gasteiger charge is -2.16. The topological polar surface area (TPSA) is 18.5 Å². The highest BCUT2D eigenvalue weighted by Gasteiger charge is 2.33. The first-order valence-electron chi connectivity index (χ1n) is 5.23. The summed E-state index contributed by atoms with van der Waals surface area (Å²) in [5, 5.41) is 0.0390. The van der Waals surface area contributed by atoms with Crippen molar-refractivity contribution in [3.63, 3.8) is 0 Å². The van der Waals surface area contributed by atoms with Gasteiger partial charge in [-0.25, -0.2) is 0 Å². The minimum Gasteiger partial charge on any atom is -0.495 e. The van der Waals surface area contributed by atoms with Crippen LogP contribution in [0.25, 0.3) is 0 Å². The standard InChI is InChI=1S/C12H14BrClO2/c1-15-9-6-5-8(11(14)7-3-4-7)12(16-2)10(9)13/h5-7,11H,3-4H2,1-2H3. The highest BCUT2D eigenvalue weighted by molar-refractivity contribution is 9.10. The molecule has 1 aliphatic rings. The third kappa shape index (κ3) is 2.16. The normalized spacial score (nSPS) is 17.0. The highest BCUT2D eigenvalue weighted by atomic mass is 79.9. The Morgan fingerprint density at radius 1 is 1.31 bits per heavy atom. The number of ether oxygens (including phenoxy) is 2. The molecule has 16 heavy (non-hydrogen) atoms. The molecule has 0 heterocycles. The van der Waals surface area contributed by atoms with Crippen molar-refractivity contribution < 1.29 is 9.47 Å². The van der Waals surface area contributed by atoms with Gasteiger partial charge in [-0.2, -0.15) is 0 Å². The van der Waals surface area contributed by atoms with Gasteiger partial charge in [-0.15, -0.1) is 11.6 Å². The molecular formula is C12H14BrClO2. The molecule has 0 spiro atoms. The predicted octanol–water partition coefficient (Wildman–Crippen LogP) is 4.16. The molecule has 0 bridgehead atoms. The quantitative estimate of drug-likeness (QED) is 0.778. The SMILES string of the molecule is COc1ccc(C(Cl)C2CC2)c(OC)c1Br. The van der Waals surface area contributed by atoms with Gasteiger partial charge >= 0.3 is 0 Å². The van der Waals surface area contributed by atoms with Crippen LogP contribution in [0.5, 0.6) is 11.5 Å². The van der Waals surface area contributed by atoms with Crippen LogP contribution in [0.15, 0.2) is 16.6 Å². The second kappa shape index (κ2) is 4.84. The van der Waals surface area contributed by atoms with Crippen molar-refractivity contribution in [3.8, 4) is 11.5 Å². The first-order chi connectivity index (χ1) is 7.69. The molecule has 1 unspecified atom stereocenters. The fourth-order valence-electron chi connectivity index (χ4n) is 1.78. The molecule has 88 valence electrons. The molecule has 1 aromatic rings. The lowest BCUT2D eigenvalue weighted by atomic mass is 10.1. The predicted molar refractivity (Wildman–Crippen MR) is 68.6 cm³/mol. The number of methoxy groups -OCH3 is 2. The van der Waals surface area contributed by atoms with Gasteiger partial charge in [0.15, 0.2) is 0 Å². The molecule has 0 saturated heterocycles. The van der Waals surface area contributed by atoms with Crippen LogP contribution in [-0.2, 0) is 0 Å². The van der Waals surface area contributed by atoms with Crippen molar-refractivity contribution in [2.45, 2.75) is 18.2 Å². The Bertz CT molecular complexity index is 391. The summed E-state index contributed by atoms with van der Waals surface area (Å²) in [7, 11) is 3.29. The van der Waals surface area contributed by atoms with E-state index >= 15 is 0 Å². The van der Waals surface area contributed by atoms with Crippen molar-refractivity contribution in [2.75, 3.05) is 14.2 Å². The molecule has 4 heteroatoms. The number of rotatable bonds is 4. The summed E-state index contributed by atoms with van der Waals surface area (Å²) in [6, 6.07) is 3.90. The van der Waals surface area contributed by atoms with Crippen LogP contribution in [0.2, 0.25) is 0 Å². The second-order valence-corrected chi connectivity index (χ2v) is 5.21. The van der Waals surface area contributed by atoms with Crippen molar-refractivity contribution >= 4 is 27.5 Å². The number of hydrogen-bond acceptors (Lipinski definition) is 2. The Morgan fingerprint density at radius 3 is 2.50 bits per heavy atom. The molecule has 2 nitrogen and oxygen atoms in total. The van der Waals surface area contributed by atoms with E-state index in [2.05, 4.69) is 15.9 Å². The van der Waals surface area contributed by atoms with E-state index in [-0.39, 0.29) is 5.38 Å². The molecule has 0 N–H and O–H groups in total. The van der Waals surface area contributed by atoms with E-state index < -0.39 is 0 Å². The van der Waals surface area contributed by atoms with Crippen LogP contribution in [0.4, 0.5) is 0 Å². The highest BCUT2D eigenvalue weighted by Crippen LogP contribution is 2.50. The van der Waals surface area contributed by atoms with Gasteiger partial charge in [0.2, 0.25) is 0 Å². The number of hydrogen-bond donors (Lipinski definition) is 0. The lowest BCUT2D eigenvalue weighted by Crippen LogP contribution is -1.99. The van der Waals surface area contributed by atoms with E-state index in [1.165, 1.54) is 12.8 Å². The third-order valence-electron chi connectivity index (χ3n) is 2.85. The van der Waals surface area contributed by atoms with Gasteiger partial charge in [0.25, 0.3) is 0 Å². The van der Waals surface area contributed by atoms with E-state index in [0.29, 0.717) is 5.92 Å². The minimum absolute atomic E-state index is 0.0390. The summed E-state index contributed by atoms with van der Waals surface area (Å²) in [6.07, 6.45) is 2.42. The largest absolute Gasteiger partial charge is 0.495 e. The fraction of sp³-hybridized carbons (Fsp3) is 0.500. The number of halogens is 2. The molecule has 0 amide bonds. The molecule has 2 rings (SSSR count). The molecule has 1 aliphatic carbocycles. The van der Waals surface area contributed by atoms with Gasteiger partial charge in [0, 0.05) is 5.56 Å². The Morgan fingerprint density at radius 2 is 2.00 bits per heavy atom. The minimum atomic E-state index is 0.0390. The maximum atomic E-state index is 6.41. The zero-order valence-corrected chi connectivity index (χ0v) is 11.6. The monoisotopic (exact) mass is 304 g/mol. The van der Waals surface area contributed by atoms with E-state index in [1.807, 2.05) is 12.1 Å². The average Bonchev–Trinajstić information content (AvgIpc) is 3.11. The summed E-state index contributed by atoms with van der Waals surface area (Å²) in [4.78, 5) is 0. The maximum absolute atomic E-state index is 6.41. The smallest absolute Gasteiger partial charge is 0.141 e. The molecule has 1 saturated carbocycles. The van der Waals surface area contributed by atoms with Crippen LogP contribution in [0, 0.1) is 5.92 Å². The third-order valence-corrected chi connectivity index (χ3v) is 4.19. The van der Waals surface area contributed by atoms with E-state index in [1.54, 1.807) is 14.2 Å². The lowest BCUT2D eigenvalue weighted by molar-refractivity contribution is 0.385. The average molecular weight is 306 g/mol. The molecule has 0 aliphatic heterocycles. The Labute approximate surface area is 109 Å². The maximum Gasteiger partial charge on any atom is 0.141 e. The Hall–Kier alpha value is -0.410. The zero-order chi connectivity index (χ0) is 11.7. The molecule has 1 atom stereocenters. The van der Waals surface area contributed by atoms with Crippen LogP contribution in [-0.4, -0.2) is 14.2 Å². The van der Waals surface area contributed by atoms with Gasteiger partial charge in [-0.3, -0.25) is 0 Å². The molecule has 1 aromatic carbocycles. The van der Waals surface area contributed by atoms with E-state index in [0.717, 1.165) is 21.5 Å². The van der Waals surface area contributed by atoms with Crippen LogP contribution < -0.4 is 9.47 Å². The van der Waals surface area contributed by atoms with Crippen LogP contribution >= 0.6 is 27.5 Å². The summed E-state index contributed by atoms with van der Waals surface area (Å²) >= 11 is 9.90. The van der Waals surface area contributed by atoms with E-state index in [9.17, 15) is 0 Å². The first-order valence-corrected chi connectivity index (χ1v) is 6.46. The van der Waals surface area contributed by atoms with Gasteiger partial charge in [0.1, 0.15) is 16.0 Å². The van der Waals surface area contributed by atoms with Crippen LogP contribution in [0.3, 0.4) is 0 Å². The Kier molecular flexibility index (Phi) is 3.65. The summed E-state index contributed by atoms with van der Waals surface area (Å²) in [5.41, 5.74) is 1.04. The van der Waals surface area contributed by atoms with Crippen LogP contribution in [0.1, 0.15) is 23.8 Å². The summed E-state index contributed by atoms with van der Waals surface area (Å²) in [5.74, 6) is 2.14. The van der Waals surface area contributed by atoms with Gasteiger partial charge < -0.3 is 9.47 Å². The zero-order valence-electron chi connectivity index (χ0n) is 9.30. The fourth-order valence-corrected chi connectivity index (χ4v) is 2.89.